The quantitative estimate of drug-likeness (QED) is 0.798. The summed E-state index contributed by atoms with van der Waals surface area (Å²) in [5, 5.41) is -0.140. The molecule has 0 bridgehead atoms. The first-order valence-electron chi connectivity index (χ1n) is 4.54. The van der Waals surface area contributed by atoms with Crippen LogP contribution in [-0.2, 0) is 6.42 Å². The third-order valence-electron chi connectivity index (χ3n) is 2.07. The molecular formula is C11H9BrClNO. The normalized spacial score (nSPS) is 12.7. The Balaban J connectivity index is 2.07. The van der Waals surface area contributed by atoms with E-state index in [4.69, 9.17) is 16.0 Å². The lowest BCUT2D eigenvalue weighted by atomic mass is 10.1. The van der Waals surface area contributed by atoms with Crippen LogP contribution in [0.25, 0.3) is 0 Å². The van der Waals surface area contributed by atoms with Crippen LogP contribution in [-0.4, -0.2) is 4.98 Å². The molecule has 2 aromatic heterocycles. The number of nitrogens with zero attached hydrogens (tertiary/aromatic N) is 1. The maximum Gasteiger partial charge on any atom is 0.169 e. The molecule has 2 aromatic rings. The van der Waals surface area contributed by atoms with Gasteiger partial charge in [0.2, 0.25) is 0 Å². The molecule has 0 saturated heterocycles. The zero-order chi connectivity index (χ0) is 10.7. The minimum absolute atomic E-state index is 0.140. The number of hydrogen-bond acceptors (Lipinski definition) is 2. The maximum absolute atomic E-state index is 6.22. The summed E-state index contributed by atoms with van der Waals surface area (Å²) in [6.45, 7) is 0. The van der Waals surface area contributed by atoms with Gasteiger partial charge in [-0.15, -0.1) is 11.6 Å². The molecule has 2 rings (SSSR count). The van der Waals surface area contributed by atoms with Crippen LogP contribution >= 0.6 is 27.5 Å². The van der Waals surface area contributed by atoms with Gasteiger partial charge in [-0.25, -0.2) is 0 Å². The Hall–Kier alpha value is -0.800. The van der Waals surface area contributed by atoms with E-state index in [1.54, 1.807) is 12.4 Å². The molecule has 0 radical (unpaired) electrons. The van der Waals surface area contributed by atoms with Crippen LogP contribution in [0.4, 0.5) is 0 Å². The summed E-state index contributed by atoms with van der Waals surface area (Å²) < 4.78 is 6.09. The fraction of sp³-hybridized carbons (Fsp3) is 0.182. The summed E-state index contributed by atoms with van der Waals surface area (Å²) in [5.41, 5.74) is 1.15. The molecule has 0 saturated carbocycles. The van der Waals surface area contributed by atoms with Crippen molar-refractivity contribution in [3.63, 3.8) is 0 Å². The van der Waals surface area contributed by atoms with E-state index >= 15 is 0 Å². The molecule has 4 heteroatoms. The topological polar surface area (TPSA) is 26.0 Å². The molecule has 0 fully saturated rings. The maximum atomic E-state index is 6.22. The molecule has 2 heterocycles. The lowest BCUT2D eigenvalue weighted by Crippen LogP contribution is -1.94. The number of halogens is 2. The molecule has 1 unspecified atom stereocenters. The number of pyridine rings is 1. The standard InChI is InChI=1S/C11H9BrClNO/c12-11-2-1-10(15-11)9(13)7-8-3-5-14-6-4-8/h1-6,9H,7H2. The lowest BCUT2D eigenvalue weighted by Gasteiger charge is -2.05. The summed E-state index contributed by atoms with van der Waals surface area (Å²) in [5.74, 6) is 0.778. The van der Waals surface area contributed by atoms with Gasteiger partial charge in [-0.1, -0.05) is 0 Å². The van der Waals surface area contributed by atoms with E-state index in [9.17, 15) is 0 Å². The van der Waals surface area contributed by atoms with Gasteiger partial charge < -0.3 is 4.42 Å². The van der Waals surface area contributed by atoms with E-state index < -0.39 is 0 Å². The monoisotopic (exact) mass is 285 g/mol. The van der Waals surface area contributed by atoms with Gasteiger partial charge in [0.1, 0.15) is 5.76 Å². The first kappa shape index (κ1) is 10.7. The number of aromatic nitrogens is 1. The lowest BCUT2D eigenvalue weighted by molar-refractivity contribution is 0.481. The minimum Gasteiger partial charge on any atom is -0.453 e. The largest absolute Gasteiger partial charge is 0.453 e. The van der Waals surface area contributed by atoms with Crippen molar-refractivity contribution in [1.82, 2.24) is 4.98 Å². The Morgan fingerprint density at radius 1 is 1.27 bits per heavy atom. The van der Waals surface area contributed by atoms with Gasteiger partial charge >= 0.3 is 0 Å². The van der Waals surface area contributed by atoms with E-state index in [0.717, 1.165) is 17.7 Å². The van der Waals surface area contributed by atoms with Gasteiger partial charge in [-0.05, 0) is 52.2 Å². The fourth-order valence-corrected chi connectivity index (χ4v) is 1.94. The van der Waals surface area contributed by atoms with Crippen molar-refractivity contribution >= 4 is 27.5 Å². The highest BCUT2D eigenvalue weighted by Crippen LogP contribution is 2.28. The Morgan fingerprint density at radius 3 is 2.60 bits per heavy atom. The van der Waals surface area contributed by atoms with E-state index in [1.165, 1.54) is 0 Å². The van der Waals surface area contributed by atoms with Crippen LogP contribution in [0.15, 0.2) is 45.7 Å². The summed E-state index contributed by atoms with van der Waals surface area (Å²) in [6.07, 6.45) is 4.26. The molecule has 0 aliphatic carbocycles. The first-order valence-corrected chi connectivity index (χ1v) is 5.77. The predicted octanol–water partition coefficient (Wildman–Crippen LogP) is 3.96. The van der Waals surface area contributed by atoms with Gasteiger partial charge in [0, 0.05) is 12.4 Å². The van der Waals surface area contributed by atoms with E-state index in [-0.39, 0.29) is 5.38 Å². The molecule has 0 amide bonds. The summed E-state index contributed by atoms with van der Waals surface area (Å²) >= 11 is 9.47. The Morgan fingerprint density at radius 2 is 2.00 bits per heavy atom. The average molecular weight is 287 g/mol. The van der Waals surface area contributed by atoms with Gasteiger partial charge in [0.25, 0.3) is 0 Å². The first-order chi connectivity index (χ1) is 7.25. The number of alkyl halides is 1. The molecule has 0 spiro atoms. The van der Waals surface area contributed by atoms with E-state index in [2.05, 4.69) is 20.9 Å². The molecule has 0 aliphatic rings. The summed E-state index contributed by atoms with van der Waals surface area (Å²) in [7, 11) is 0. The van der Waals surface area contributed by atoms with Crippen molar-refractivity contribution in [3.8, 4) is 0 Å². The fourth-order valence-electron chi connectivity index (χ4n) is 1.32. The van der Waals surface area contributed by atoms with Crippen molar-refractivity contribution in [3.05, 3.63) is 52.7 Å². The summed E-state index contributed by atoms with van der Waals surface area (Å²) in [4.78, 5) is 3.96. The van der Waals surface area contributed by atoms with Crippen LogP contribution in [0, 0.1) is 0 Å². The molecule has 2 nitrogen and oxygen atoms in total. The Bertz CT molecular complexity index is 429. The van der Waals surface area contributed by atoms with Crippen LogP contribution in [0.2, 0.25) is 0 Å². The zero-order valence-electron chi connectivity index (χ0n) is 7.86. The van der Waals surface area contributed by atoms with Gasteiger partial charge in [0.15, 0.2) is 4.67 Å². The average Bonchev–Trinajstić information content (AvgIpc) is 2.66. The van der Waals surface area contributed by atoms with Crippen molar-refractivity contribution in [1.29, 1.82) is 0 Å². The molecule has 0 aliphatic heterocycles. The minimum atomic E-state index is -0.140. The zero-order valence-corrected chi connectivity index (χ0v) is 10.2. The highest BCUT2D eigenvalue weighted by atomic mass is 79.9. The smallest absolute Gasteiger partial charge is 0.169 e. The number of furan rings is 1. The van der Waals surface area contributed by atoms with E-state index in [1.807, 2.05) is 24.3 Å². The van der Waals surface area contributed by atoms with Gasteiger partial charge in [-0.2, -0.15) is 0 Å². The summed E-state index contributed by atoms with van der Waals surface area (Å²) in [6, 6.07) is 7.63. The van der Waals surface area contributed by atoms with Crippen LogP contribution < -0.4 is 0 Å². The predicted molar refractivity (Wildman–Crippen MR) is 62.9 cm³/mol. The van der Waals surface area contributed by atoms with Crippen LogP contribution in [0.5, 0.6) is 0 Å². The third kappa shape index (κ3) is 2.83. The molecule has 15 heavy (non-hydrogen) atoms. The van der Waals surface area contributed by atoms with Crippen molar-refractivity contribution in [2.24, 2.45) is 0 Å². The number of hydrogen-bond donors (Lipinski definition) is 0. The number of rotatable bonds is 3. The highest BCUT2D eigenvalue weighted by molar-refractivity contribution is 9.10. The SMILES string of the molecule is ClC(Cc1ccncc1)c1ccc(Br)o1. The van der Waals surface area contributed by atoms with Crippen molar-refractivity contribution < 1.29 is 4.42 Å². The second-order valence-electron chi connectivity index (χ2n) is 3.17. The molecule has 1 atom stereocenters. The second kappa shape index (κ2) is 4.81. The van der Waals surface area contributed by atoms with Gasteiger partial charge in [-0.3, -0.25) is 4.98 Å². The Kier molecular flexibility index (Phi) is 3.44. The molecule has 0 aromatic carbocycles. The highest BCUT2D eigenvalue weighted by Gasteiger charge is 2.12. The van der Waals surface area contributed by atoms with Gasteiger partial charge in [0.05, 0.1) is 5.38 Å². The molecule has 78 valence electrons. The van der Waals surface area contributed by atoms with Crippen molar-refractivity contribution in [2.75, 3.05) is 0 Å². The third-order valence-corrected chi connectivity index (χ3v) is 2.86. The van der Waals surface area contributed by atoms with E-state index in [0.29, 0.717) is 4.67 Å². The molecular weight excluding hydrogens is 277 g/mol. The molecule has 0 N–H and O–H groups in total. The van der Waals surface area contributed by atoms with Crippen molar-refractivity contribution in [2.45, 2.75) is 11.8 Å². The Labute approximate surface area is 101 Å². The van der Waals surface area contributed by atoms with Crippen LogP contribution in [0.1, 0.15) is 16.7 Å². The van der Waals surface area contributed by atoms with Crippen LogP contribution in [0.3, 0.4) is 0 Å². The second-order valence-corrected chi connectivity index (χ2v) is 4.48.